The summed E-state index contributed by atoms with van der Waals surface area (Å²) in [5, 5.41) is 9.39. The van der Waals surface area contributed by atoms with Crippen molar-refractivity contribution in [3.63, 3.8) is 0 Å². The standard InChI is InChI=1S/C17H20N2O3/c1-11(2)9-14-15(17(21)22)16(20)19(12(3)18-14)10-13-7-5-4-6-8-13/h4-8,11H,9-10H2,1-3H3,(H,21,22). The third-order valence-electron chi connectivity index (χ3n) is 3.43. The molecule has 2 rings (SSSR count). The molecule has 0 bridgehead atoms. The molecule has 0 radical (unpaired) electrons. The summed E-state index contributed by atoms with van der Waals surface area (Å²) in [5.74, 6) is -0.446. The van der Waals surface area contributed by atoms with Gasteiger partial charge in [-0.05, 0) is 24.8 Å². The van der Waals surface area contributed by atoms with Gasteiger partial charge in [0.25, 0.3) is 5.56 Å². The Balaban J connectivity index is 2.54. The predicted octanol–water partition coefficient (Wildman–Crippen LogP) is 2.50. The molecule has 0 saturated carbocycles. The average molecular weight is 300 g/mol. The van der Waals surface area contributed by atoms with Crippen molar-refractivity contribution in [1.82, 2.24) is 9.55 Å². The van der Waals surface area contributed by atoms with Crippen LogP contribution in [0.25, 0.3) is 0 Å². The lowest BCUT2D eigenvalue weighted by molar-refractivity contribution is 0.0692. The molecule has 0 aliphatic rings. The molecule has 1 aromatic carbocycles. The molecule has 1 N–H and O–H groups in total. The van der Waals surface area contributed by atoms with Crippen molar-refractivity contribution in [1.29, 1.82) is 0 Å². The lowest BCUT2D eigenvalue weighted by Gasteiger charge is -2.14. The van der Waals surface area contributed by atoms with Gasteiger partial charge in [0.1, 0.15) is 11.4 Å². The van der Waals surface area contributed by atoms with Crippen molar-refractivity contribution < 1.29 is 9.90 Å². The van der Waals surface area contributed by atoms with Crippen LogP contribution in [-0.2, 0) is 13.0 Å². The number of aromatic nitrogens is 2. The smallest absolute Gasteiger partial charge is 0.343 e. The molecule has 0 aliphatic heterocycles. The van der Waals surface area contributed by atoms with Gasteiger partial charge in [-0.2, -0.15) is 0 Å². The highest BCUT2D eigenvalue weighted by Gasteiger charge is 2.21. The highest BCUT2D eigenvalue weighted by atomic mass is 16.4. The molecular formula is C17H20N2O3. The number of carboxylic acid groups (broad SMARTS) is 1. The van der Waals surface area contributed by atoms with Crippen LogP contribution in [0.1, 0.15) is 41.3 Å². The maximum Gasteiger partial charge on any atom is 0.343 e. The van der Waals surface area contributed by atoms with Gasteiger partial charge in [-0.3, -0.25) is 9.36 Å². The van der Waals surface area contributed by atoms with Crippen LogP contribution in [0.4, 0.5) is 0 Å². The molecule has 5 heteroatoms. The Morgan fingerprint density at radius 1 is 1.27 bits per heavy atom. The summed E-state index contributed by atoms with van der Waals surface area (Å²) >= 11 is 0. The number of hydrogen-bond acceptors (Lipinski definition) is 3. The maximum atomic E-state index is 12.6. The first-order valence-electron chi connectivity index (χ1n) is 7.27. The van der Waals surface area contributed by atoms with E-state index in [0.29, 0.717) is 24.5 Å². The second-order valence-corrected chi connectivity index (χ2v) is 5.76. The van der Waals surface area contributed by atoms with Crippen molar-refractivity contribution >= 4 is 5.97 Å². The number of hydrogen-bond donors (Lipinski definition) is 1. The zero-order chi connectivity index (χ0) is 16.3. The zero-order valence-corrected chi connectivity index (χ0v) is 13.0. The Bertz CT molecular complexity index is 734. The molecule has 1 aromatic heterocycles. The fraction of sp³-hybridized carbons (Fsp3) is 0.353. The van der Waals surface area contributed by atoms with Crippen molar-refractivity contribution in [2.24, 2.45) is 5.92 Å². The molecule has 116 valence electrons. The van der Waals surface area contributed by atoms with E-state index >= 15 is 0 Å². The number of rotatable bonds is 5. The van der Waals surface area contributed by atoms with Gasteiger partial charge in [0.05, 0.1) is 12.2 Å². The summed E-state index contributed by atoms with van der Waals surface area (Å²) in [7, 11) is 0. The summed E-state index contributed by atoms with van der Waals surface area (Å²) in [6.07, 6.45) is 0.476. The lowest BCUT2D eigenvalue weighted by Crippen LogP contribution is -2.32. The number of carbonyl (C=O) groups is 1. The third kappa shape index (κ3) is 3.42. The Morgan fingerprint density at radius 2 is 1.91 bits per heavy atom. The van der Waals surface area contributed by atoms with Crippen LogP contribution in [0.2, 0.25) is 0 Å². The Labute approximate surface area is 129 Å². The van der Waals surface area contributed by atoms with Gasteiger partial charge in [0.15, 0.2) is 0 Å². The monoisotopic (exact) mass is 300 g/mol. The van der Waals surface area contributed by atoms with Crippen LogP contribution in [0.5, 0.6) is 0 Å². The molecular weight excluding hydrogens is 280 g/mol. The third-order valence-corrected chi connectivity index (χ3v) is 3.43. The normalized spacial score (nSPS) is 10.9. The molecule has 0 saturated heterocycles. The van der Waals surface area contributed by atoms with E-state index in [1.807, 2.05) is 44.2 Å². The zero-order valence-electron chi connectivity index (χ0n) is 13.0. The molecule has 22 heavy (non-hydrogen) atoms. The fourth-order valence-electron chi connectivity index (χ4n) is 2.42. The fourth-order valence-corrected chi connectivity index (χ4v) is 2.42. The molecule has 0 amide bonds. The van der Waals surface area contributed by atoms with Crippen LogP contribution in [-0.4, -0.2) is 20.6 Å². The minimum Gasteiger partial charge on any atom is -0.477 e. The number of aromatic carboxylic acids is 1. The maximum absolute atomic E-state index is 12.6. The van der Waals surface area contributed by atoms with Gasteiger partial charge in [-0.1, -0.05) is 44.2 Å². The molecule has 2 aromatic rings. The number of carboxylic acids is 1. The molecule has 0 unspecified atom stereocenters. The Kier molecular flexibility index (Phi) is 4.75. The number of aryl methyl sites for hydroxylation is 1. The van der Waals surface area contributed by atoms with E-state index in [9.17, 15) is 14.7 Å². The largest absolute Gasteiger partial charge is 0.477 e. The van der Waals surface area contributed by atoms with Crippen LogP contribution >= 0.6 is 0 Å². The van der Waals surface area contributed by atoms with Crippen molar-refractivity contribution in [2.75, 3.05) is 0 Å². The lowest BCUT2D eigenvalue weighted by atomic mass is 10.0. The minimum absolute atomic E-state index is 0.213. The van der Waals surface area contributed by atoms with E-state index in [1.165, 1.54) is 4.57 Å². The quantitative estimate of drug-likeness (QED) is 0.921. The predicted molar refractivity (Wildman–Crippen MR) is 84.3 cm³/mol. The molecule has 5 nitrogen and oxygen atoms in total. The van der Waals surface area contributed by atoms with Gasteiger partial charge in [0, 0.05) is 0 Å². The topological polar surface area (TPSA) is 72.2 Å². The summed E-state index contributed by atoms with van der Waals surface area (Å²) in [6.45, 7) is 6.00. The van der Waals surface area contributed by atoms with Crippen molar-refractivity contribution in [3.8, 4) is 0 Å². The van der Waals surface area contributed by atoms with E-state index in [4.69, 9.17) is 0 Å². The van der Waals surface area contributed by atoms with E-state index in [1.54, 1.807) is 6.92 Å². The van der Waals surface area contributed by atoms with E-state index in [2.05, 4.69) is 4.98 Å². The summed E-state index contributed by atoms with van der Waals surface area (Å²) in [6, 6.07) is 9.46. The van der Waals surface area contributed by atoms with Crippen molar-refractivity contribution in [3.05, 3.63) is 63.3 Å². The molecule has 0 fully saturated rings. The minimum atomic E-state index is -1.21. The van der Waals surface area contributed by atoms with Crippen LogP contribution in [0.3, 0.4) is 0 Å². The Hall–Kier alpha value is -2.43. The average Bonchev–Trinajstić information content (AvgIpc) is 2.43. The first kappa shape index (κ1) is 15.9. The molecule has 0 atom stereocenters. The van der Waals surface area contributed by atoms with Crippen LogP contribution in [0, 0.1) is 12.8 Å². The summed E-state index contributed by atoms with van der Waals surface area (Å²) in [4.78, 5) is 28.4. The SMILES string of the molecule is Cc1nc(CC(C)C)c(C(=O)O)c(=O)n1Cc1ccccc1. The van der Waals surface area contributed by atoms with Crippen LogP contribution in [0.15, 0.2) is 35.1 Å². The number of nitrogens with zero attached hydrogens (tertiary/aromatic N) is 2. The van der Waals surface area contributed by atoms with E-state index < -0.39 is 11.5 Å². The highest BCUT2D eigenvalue weighted by Crippen LogP contribution is 2.11. The van der Waals surface area contributed by atoms with Gasteiger partial charge in [-0.25, -0.2) is 9.78 Å². The second-order valence-electron chi connectivity index (χ2n) is 5.76. The molecule has 0 spiro atoms. The van der Waals surface area contributed by atoms with Gasteiger partial charge in [-0.15, -0.1) is 0 Å². The Morgan fingerprint density at radius 3 is 2.45 bits per heavy atom. The van der Waals surface area contributed by atoms with Crippen LogP contribution < -0.4 is 5.56 Å². The van der Waals surface area contributed by atoms with Crippen molar-refractivity contribution in [2.45, 2.75) is 33.7 Å². The molecule has 1 heterocycles. The summed E-state index contributed by atoms with van der Waals surface area (Å²) < 4.78 is 1.42. The highest BCUT2D eigenvalue weighted by molar-refractivity contribution is 5.88. The van der Waals surface area contributed by atoms with E-state index in [-0.39, 0.29) is 11.5 Å². The first-order chi connectivity index (χ1) is 10.4. The van der Waals surface area contributed by atoms with E-state index in [0.717, 1.165) is 5.56 Å². The first-order valence-corrected chi connectivity index (χ1v) is 7.27. The number of benzene rings is 1. The second kappa shape index (κ2) is 6.56. The molecule has 0 aliphatic carbocycles. The van der Waals surface area contributed by atoms with Gasteiger partial charge < -0.3 is 5.11 Å². The van der Waals surface area contributed by atoms with Gasteiger partial charge >= 0.3 is 5.97 Å². The summed E-state index contributed by atoms with van der Waals surface area (Å²) in [5.41, 5.74) is 0.603. The van der Waals surface area contributed by atoms with Gasteiger partial charge in [0.2, 0.25) is 0 Å².